The molecule has 0 amide bonds. The summed E-state index contributed by atoms with van der Waals surface area (Å²) in [7, 11) is 0. The van der Waals surface area contributed by atoms with E-state index < -0.39 is 0 Å². The summed E-state index contributed by atoms with van der Waals surface area (Å²) in [6, 6.07) is 0. The fraction of sp³-hybridized carbons (Fsp3) is 0.769. The van der Waals surface area contributed by atoms with E-state index in [-0.39, 0.29) is 0 Å². The summed E-state index contributed by atoms with van der Waals surface area (Å²) in [6.07, 6.45) is 6.19. The van der Waals surface area contributed by atoms with Crippen molar-refractivity contribution in [3.63, 3.8) is 0 Å². The maximum absolute atomic E-state index is 11.4. The van der Waals surface area contributed by atoms with Crippen LogP contribution in [-0.2, 0) is 4.79 Å². The molecule has 1 heteroatoms. The molecule has 0 saturated carbocycles. The molecule has 1 aliphatic rings. The monoisotopic (exact) mass is 194 g/mol. The molecule has 1 rings (SSSR count). The van der Waals surface area contributed by atoms with Crippen LogP contribution in [0.4, 0.5) is 0 Å². The largest absolute Gasteiger partial charge is 0.300 e. The van der Waals surface area contributed by atoms with Crippen molar-refractivity contribution in [2.24, 2.45) is 11.3 Å². The van der Waals surface area contributed by atoms with Crippen molar-refractivity contribution in [2.45, 2.75) is 53.4 Å². The molecule has 0 aromatic carbocycles. The van der Waals surface area contributed by atoms with Crippen LogP contribution in [0.2, 0.25) is 0 Å². The van der Waals surface area contributed by atoms with Crippen molar-refractivity contribution in [1.29, 1.82) is 0 Å². The fourth-order valence-electron chi connectivity index (χ4n) is 2.26. The second-order valence-corrected chi connectivity index (χ2v) is 5.21. The molecule has 0 saturated heterocycles. The Labute approximate surface area is 87.6 Å². The topological polar surface area (TPSA) is 17.1 Å². The number of ketones is 1. The summed E-state index contributed by atoms with van der Waals surface area (Å²) in [5.41, 5.74) is 1.76. The normalized spacial score (nSPS) is 25.7. The van der Waals surface area contributed by atoms with Crippen LogP contribution in [0.1, 0.15) is 53.4 Å². The first-order chi connectivity index (χ1) is 6.44. The third-order valence-corrected chi connectivity index (χ3v) is 3.27. The highest BCUT2D eigenvalue weighted by molar-refractivity contribution is 5.78. The van der Waals surface area contributed by atoms with E-state index in [0.717, 1.165) is 6.42 Å². The zero-order valence-electron chi connectivity index (χ0n) is 9.89. The molecular formula is C13H22O. The zero-order valence-corrected chi connectivity index (χ0v) is 9.89. The van der Waals surface area contributed by atoms with Crippen molar-refractivity contribution in [3.8, 4) is 0 Å². The van der Waals surface area contributed by atoms with Crippen LogP contribution in [0.15, 0.2) is 11.6 Å². The Morgan fingerprint density at radius 2 is 2.21 bits per heavy atom. The van der Waals surface area contributed by atoms with Gasteiger partial charge in [-0.1, -0.05) is 32.4 Å². The first-order valence-corrected chi connectivity index (χ1v) is 5.65. The smallest absolute Gasteiger partial charge is 0.133 e. The quantitative estimate of drug-likeness (QED) is 0.625. The number of hydrogen-bond donors (Lipinski definition) is 0. The lowest BCUT2D eigenvalue weighted by atomic mass is 9.73. The van der Waals surface area contributed by atoms with Gasteiger partial charge in [-0.15, -0.1) is 0 Å². The number of allylic oxidation sites excluding steroid dienone is 2. The molecule has 1 unspecified atom stereocenters. The highest BCUT2D eigenvalue weighted by Crippen LogP contribution is 2.37. The maximum atomic E-state index is 11.4. The second kappa shape index (κ2) is 4.29. The van der Waals surface area contributed by atoms with Gasteiger partial charge >= 0.3 is 0 Å². The molecule has 0 spiro atoms. The fourth-order valence-corrected chi connectivity index (χ4v) is 2.26. The SMILES string of the molecule is CCC(=O)CC1CCC(C)(C)C=C1C. The molecular weight excluding hydrogens is 172 g/mol. The van der Waals surface area contributed by atoms with E-state index in [2.05, 4.69) is 26.8 Å². The Balaban J connectivity index is 2.62. The predicted octanol–water partition coefficient (Wildman–Crippen LogP) is 3.74. The Kier molecular flexibility index (Phi) is 3.52. The van der Waals surface area contributed by atoms with E-state index in [4.69, 9.17) is 0 Å². The average molecular weight is 194 g/mol. The van der Waals surface area contributed by atoms with Crippen molar-refractivity contribution >= 4 is 5.78 Å². The van der Waals surface area contributed by atoms with Gasteiger partial charge in [0.1, 0.15) is 5.78 Å². The summed E-state index contributed by atoms with van der Waals surface area (Å²) in [4.78, 5) is 11.4. The van der Waals surface area contributed by atoms with Crippen molar-refractivity contribution < 1.29 is 4.79 Å². The van der Waals surface area contributed by atoms with Gasteiger partial charge in [-0.3, -0.25) is 4.79 Å². The van der Waals surface area contributed by atoms with Gasteiger partial charge in [0.05, 0.1) is 0 Å². The van der Waals surface area contributed by atoms with Gasteiger partial charge in [0, 0.05) is 12.8 Å². The molecule has 0 aromatic heterocycles. The molecule has 0 bridgehead atoms. The molecule has 0 aliphatic heterocycles. The Hall–Kier alpha value is -0.590. The van der Waals surface area contributed by atoms with Crippen LogP contribution in [0, 0.1) is 11.3 Å². The molecule has 0 radical (unpaired) electrons. The number of hydrogen-bond acceptors (Lipinski definition) is 1. The van der Waals surface area contributed by atoms with Gasteiger partial charge in [-0.05, 0) is 31.1 Å². The predicted molar refractivity (Wildman–Crippen MR) is 60.2 cm³/mol. The summed E-state index contributed by atoms with van der Waals surface area (Å²) < 4.78 is 0. The first kappa shape index (κ1) is 11.5. The third kappa shape index (κ3) is 2.97. The minimum atomic E-state index is 0.343. The van der Waals surface area contributed by atoms with Crippen LogP contribution < -0.4 is 0 Å². The number of carbonyl (C=O) groups excluding carboxylic acids is 1. The third-order valence-electron chi connectivity index (χ3n) is 3.27. The van der Waals surface area contributed by atoms with E-state index in [0.29, 0.717) is 23.5 Å². The van der Waals surface area contributed by atoms with Crippen LogP contribution in [0.3, 0.4) is 0 Å². The van der Waals surface area contributed by atoms with E-state index >= 15 is 0 Å². The van der Waals surface area contributed by atoms with Crippen LogP contribution in [0.25, 0.3) is 0 Å². The summed E-state index contributed by atoms with van der Waals surface area (Å²) in [5, 5.41) is 0. The lowest BCUT2D eigenvalue weighted by Crippen LogP contribution is -2.20. The molecule has 14 heavy (non-hydrogen) atoms. The molecule has 1 atom stereocenters. The average Bonchev–Trinajstić information content (AvgIpc) is 2.09. The Morgan fingerprint density at radius 1 is 1.57 bits per heavy atom. The van der Waals surface area contributed by atoms with Crippen molar-refractivity contribution in [1.82, 2.24) is 0 Å². The summed E-state index contributed by atoms with van der Waals surface area (Å²) in [5.74, 6) is 0.929. The molecule has 0 N–H and O–H groups in total. The minimum absolute atomic E-state index is 0.343. The lowest BCUT2D eigenvalue weighted by Gasteiger charge is -2.31. The highest BCUT2D eigenvalue weighted by atomic mass is 16.1. The van der Waals surface area contributed by atoms with Gasteiger partial charge in [0.15, 0.2) is 0 Å². The van der Waals surface area contributed by atoms with Crippen molar-refractivity contribution in [2.75, 3.05) is 0 Å². The number of Topliss-reactive ketones (excluding diaryl/α,β-unsaturated/α-hetero) is 1. The van der Waals surface area contributed by atoms with Crippen LogP contribution in [-0.4, -0.2) is 5.78 Å². The first-order valence-electron chi connectivity index (χ1n) is 5.65. The minimum Gasteiger partial charge on any atom is -0.300 e. The highest BCUT2D eigenvalue weighted by Gasteiger charge is 2.26. The van der Waals surface area contributed by atoms with E-state index in [1.54, 1.807) is 0 Å². The molecule has 0 heterocycles. The molecule has 80 valence electrons. The lowest BCUT2D eigenvalue weighted by molar-refractivity contribution is -0.119. The summed E-state index contributed by atoms with van der Waals surface area (Å²) in [6.45, 7) is 8.67. The second-order valence-electron chi connectivity index (χ2n) is 5.21. The van der Waals surface area contributed by atoms with Gasteiger partial charge in [0.25, 0.3) is 0 Å². The number of rotatable bonds is 3. The Morgan fingerprint density at radius 3 is 2.71 bits per heavy atom. The van der Waals surface area contributed by atoms with Gasteiger partial charge in [-0.2, -0.15) is 0 Å². The van der Waals surface area contributed by atoms with E-state index in [9.17, 15) is 4.79 Å². The maximum Gasteiger partial charge on any atom is 0.133 e. The zero-order chi connectivity index (χ0) is 10.8. The number of carbonyl (C=O) groups is 1. The van der Waals surface area contributed by atoms with E-state index in [1.807, 2.05) is 6.92 Å². The summed E-state index contributed by atoms with van der Waals surface area (Å²) >= 11 is 0. The Bertz CT molecular complexity index is 248. The molecule has 0 fully saturated rings. The van der Waals surface area contributed by atoms with Gasteiger partial charge in [-0.25, -0.2) is 0 Å². The van der Waals surface area contributed by atoms with Crippen LogP contribution >= 0.6 is 0 Å². The van der Waals surface area contributed by atoms with Gasteiger partial charge < -0.3 is 0 Å². The molecule has 1 nitrogen and oxygen atoms in total. The van der Waals surface area contributed by atoms with Gasteiger partial charge in [0.2, 0.25) is 0 Å². The molecule has 0 aromatic rings. The molecule has 1 aliphatic carbocycles. The van der Waals surface area contributed by atoms with Crippen molar-refractivity contribution in [3.05, 3.63) is 11.6 Å². The van der Waals surface area contributed by atoms with E-state index in [1.165, 1.54) is 18.4 Å². The van der Waals surface area contributed by atoms with Crippen LogP contribution in [0.5, 0.6) is 0 Å². The standard InChI is InChI=1S/C13H22O/c1-5-12(14)8-11-6-7-13(3,4)9-10(11)2/h9,11H,5-8H2,1-4H3.